The SMILES string of the molecule is CC[C@@](C)(NC(=O)Nc1ccc(OC(F)F)c(F)c1)C(=O)O. The maximum absolute atomic E-state index is 13.5. The lowest BCUT2D eigenvalue weighted by Crippen LogP contribution is -2.53. The van der Waals surface area contributed by atoms with Crippen molar-refractivity contribution in [3.63, 3.8) is 0 Å². The molecule has 6 nitrogen and oxygen atoms in total. The Kier molecular flexibility index (Phi) is 5.61. The van der Waals surface area contributed by atoms with Crippen LogP contribution >= 0.6 is 0 Å². The number of alkyl halides is 2. The number of anilines is 1. The van der Waals surface area contributed by atoms with Gasteiger partial charge in [-0.3, -0.25) is 0 Å². The second-order valence-electron chi connectivity index (χ2n) is 4.59. The minimum Gasteiger partial charge on any atom is -0.480 e. The summed E-state index contributed by atoms with van der Waals surface area (Å²) in [5.41, 5.74) is -1.53. The number of amides is 2. The molecular weight excluding hydrogens is 305 g/mol. The molecule has 0 fully saturated rings. The van der Waals surface area contributed by atoms with Crippen LogP contribution in [-0.2, 0) is 4.79 Å². The van der Waals surface area contributed by atoms with Gasteiger partial charge >= 0.3 is 18.6 Å². The van der Waals surface area contributed by atoms with Crippen LogP contribution < -0.4 is 15.4 Å². The molecule has 122 valence electrons. The minimum absolute atomic E-state index is 0.0412. The van der Waals surface area contributed by atoms with Crippen LogP contribution in [-0.4, -0.2) is 29.3 Å². The summed E-state index contributed by atoms with van der Waals surface area (Å²) in [5, 5.41) is 13.5. The second kappa shape index (κ2) is 7.01. The third-order valence-electron chi connectivity index (χ3n) is 2.97. The number of carboxylic acid groups (broad SMARTS) is 1. The van der Waals surface area contributed by atoms with E-state index in [4.69, 9.17) is 5.11 Å². The van der Waals surface area contributed by atoms with Gasteiger partial charge in [-0.25, -0.2) is 14.0 Å². The Hall–Kier alpha value is -2.45. The highest BCUT2D eigenvalue weighted by Crippen LogP contribution is 2.23. The Morgan fingerprint density at radius 2 is 2.05 bits per heavy atom. The first-order valence-electron chi connectivity index (χ1n) is 6.25. The fourth-order valence-electron chi connectivity index (χ4n) is 1.48. The van der Waals surface area contributed by atoms with Crippen LogP contribution in [0.15, 0.2) is 18.2 Å². The third kappa shape index (κ3) is 4.54. The number of hydrogen-bond acceptors (Lipinski definition) is 3. The molecule has 0 aliphatic rings. The van der Waals surface area contributed by atoms with E-state index in [-0.39, 0.29) is 12.1 Å². The summed E-state index contributed by atoms with van der Waals surface area (Å²) >= 11 is 0. The van der Waals surface area contributed by atoms with Gasteiger partial charge in [0.25, 0.3) is 0 Å². The topological polar surface area (TPSA) is 87.7 Å². The molecule has 0 aromatic heterocycles. The Bertz CT molecular complexity index is 568. The van der Waals surface area contributed by atoms with Gasteiger partial charge in [-0.2, -0.15) is 8.78 Å². The largest absolute Gasteiger partial charge is 0.480 e. The molecule has 2 amide bonds. The molecule has 1 aromatic rings. The molecule has 9 heteroatoms. The van der Waals surface area contributed by atoms with Crippen LogP contribution in [0, 0.1) is 5.82 Å². The van der Waals surface area contributed by atoms with Crippen molar-refractivity contribution in [3.8, 4) is 5.75 Å². The molecule has 0 saturated heterocycles. The number of carbonyl (C=O) groups excluding carboxylic acids is 1. The van der Waals surface area contributed by atoms with Gasteiger partial charge in [0.05, 0.1) is 0 Å². The van der Waals surface area contributed by atoms with Crippen molar-refractivity contribution in [2.75, 3.05) is 5.32 Å². The van der Waals surface area contributed by atoms with E-state index in [2.05, 4.69) is 15.4 Å². The number of carboxylic acids is 1. The van der Waals surface area contributed by atoms with E-state index in [0.717, 1.165) is 18.2 Å². The number of urea groups is 1. The molecule has 0 spiro atoms. The molecule has 0 aliphatic carbocycles. The lowest BCUT2D eigenvalue weighted by molar-refractivity contribution is -0.143. The maximum Gasteiger partial charge on any atom is 0.387 e. The number of halogens is 3. The molecule has 22 heavy (non-hydrogen) atoms. The van der Waals surface area contributed by atoms with E-state index in [0.29, 0.717) is 0 Å². The fraction of sp³-hybridized carbons (Fsp3) is 0.385. The summed E-state index contributed by atoms with van der Waals surface area (Å²) in [7, 11) is 0. The molecule has 3 N–H and O–H groups in total. The molecule has 0 aliphatic heterocycles. The minimum atomic E-state index is -3.17. The van der Waals surface area contributed by atoms with Crippen molar-refractivity contribution in [1.29, 1.82) is 0 Å². The Morgan fingerprint density at radius 3 is 2.50 bits per heavy atom. The quantitative estimate of drug-likeness (QED) is 0.752. The lowest BCUT2D eigenvalue weighted by Gasteiger charge is -2.24. The van der Waals surface area contributed by atoms with Crippen LogP contribution in [0.25, 0.3) is 0 Å². The lowest BCUT2D eigenvalue weighted by atomic mass is 10.00. The zero-order valence-corrected chi connectivity index (χ0v) is 11.8. The van der Waals surface area contributed by atoms with E-state index in [1.807, 2.05) is 0 Å². The van der Waals surface area contributed by atoms with Gasteiger partial charge in [-0.15, -0.1) is 0 Å². The smallest absolute Gasteiger partial charge is 0.387 e. The van der Waals surface area contributed by atoms with E-state index >= 15 is 0 Å². The van der Waals surface area contributed by atoms with Gasteiger partial charge in [0.15, 0.2) is 11.6 Å². The highest BCUT2D eigenvalue weighted by atomic mass is 19.3. The average molecular weight is 320 g/mol. The number of nitrogens with one attached hydrogen (secondary N) is 2. The standard InChI is InChI=1S/C13H15F3N2O4/c1-3-13(2,10(19)20)18-12(21)17-7-4-5-9(8(14)6-7)22-11(15)16/h4-6,11H,3H2,1-2H3,(H,19,20)(H2,17,18,21)/t13-/m1/s1. The molecule has 1 rings (SSSR count). The molecule has 0 heterocycles. The van der Waals surface area contributed by atoms with Crippen molar-refractivity contribution in [2.24, 2.45) is 0 Å². The van der Waals surface area contributed by atoms with E-state index in [9.17, 15) is 22.8 Å². The van der Waals surface area contributed by atoms with E-state index in [1.54, 1.807) is 6.92 Å². The van der Waals surface area contributed by atoms with Crippen molar-refractivity contribution in [2.45, 2.75) is 32.4 Å². The number of rotatable bonds is 6. The Labute approximate surface area is 124 Å². The second-order valence-corrected chi connectivity index (χ2v) is 4.59. The Morgan fingerprint density at radius 1 is 1.41 bits per heavy atom. The van der Waals surface area contributed by atoms with Gasteiger partial charge in [0.2, 0.25) is 0 Å². The first kappa shape index (κ1) is 17.6. The first-order chi connectivity index (χ1) is 10.2. The van der Waals surface area contributed by atoms with Crippen LogP contribution in [0.3, 0.4) is 0 Å². The molecule has 0 saturated carbocycles. The predicted molar refractivity (Wildman–Crippen MR) is 71.5 cm³/mol. The zero-order valence-electron chi connectivity index (χ0n) is 11.8. The summed E-state index contributed by atoms with van der Waals surface area (Å²) in [5.74, 6) is -2.98. The van der Waals surface area contributed by atoms with Gasteiger partial charge in [0, 0.05) is 11.8 Å². The summed E-state index contributed by atoms with van der Waals surface area (Å²) in [6, 6.07) is 1.98. The number of hydrogen-bond donors (Lipinski definition) is 3. The van der Waals surface area contributed by atoms with Gasteiger partial charge in [0.1, 0.15) is 5.54 Å². The van der Waals surface area contributed by atoms with Crippen LogP contribution in [0.2, 0.25) is 0 Å². The number of ether oxygens (including phenoxy) is 1. The normalized spacial score (nSPS) is 13.4. The van der Waals surface area contributed by atoms with Crippen LogP contribution in [0.5, 0.6) is 5.75 Å². The van der Waals surface area contributed by atoms with E-state index in [1.165, 1.54) is 6.92 Å². The molecule has 0 unspecified atom stereocenters. The van der Waals surface area contributed by atoms with Crippen molar-refractivity contribution < 1.29 is 32.6 Å². The van der Waals surface area contributed by atoms with Crippen molar-refractivity contribution in [1.82, 2.24) is 5.32 Å². The van der Waals surface area contributed by atoms with Gasteiger partial charge in [-0.05, 0) is 25.5 Å². The average Bonchev–Trinajstić information content (AvgIpc) is 2.41. The van der Waals surface area contributed by atoms with E-state index < -0.39 is 35.7 Å². The molecule has 0 radical (unpaired) electrons. The maximum atomic E-state index is 13.5. The zero-order chi connectivity index (χ0) is 16.9. The molecule has 0 bridgehead atoms. The number of benzene rings is 1. The summed E-state index contributed by atoms with van der Waals surface area (Å²) in [6.45, 7) is -0.281. The number of aliphatic carboxylic acids is 1. The summed E-state index contributed by atoms with van der Waals surface area (Å²) in [6.07, 6.45) is 0.130. The van der Waals surface area contributed by atoms with Crippen molar-refractivity contribution in [3.05, 3.63) is 24.0 Å². The Balaban J connectivity index is 2.77. The summed E-state index contributed by atoms with van der Waals surface area (Å²) in [4.78, 5) is 22.8. The number of carbonyl (C=O) groups is 2. The predicted octanol–water partition coefficient (Wildman–Crippen LogP) is 2.80. The molecule has 1 aromatic carbocycles. The van der Waals surface area contributed by atoms with Gasteiger partial charge in [-0.1, -0.05) is 6.92 Å². The first-order valence-corrected chi connectivity index (χ1v) is 6.25. The summed E-state index contributed by atoms with van der Waals surface area (Å²) < 4.78 is 41.4. The highest BCUT2D eigenvalue weighted by molar-refractivity contribution is 5.93. The fourth-order valence-corrected chi connectivity index (χ4v) is 1.48. The molecular formula is C13H15F3N2O4. The monoisotopic (exact) mass is 320 g/mol. The van der Waals surface area contributed by atoms with Crippen LogP contribution in [0.1, 0.15) is 20.3 Å². The molecule has 1 atom stereocenters. The van der Waals surface area contributed by atoms with Crippen molar-refractivity contribution >= 4 is 17.7 Å². The third-order valence-corrected chi connectivity index (χ3v) is 2.97. The highest BCUT2D eigenvalue weighted by Gasteiger charge is 2.32. The van der Waals surface area contributed by atoms with Gasteiger partial charge < -0.3 is 20.5 Å². The van der Waals surface area contributed by atoms with Crippen LogP contribution in [0.4, 0.5) is 23.7 Å².